The van der Waals surface area contributed by atoms with Crippen LogP contribution in [0.15, 0.2) is 53.1 Å². The number of halogens is 4. The predicted molar refractivity (Wildman–Crippen MR) is 103 cm³/mol. The van der Waals surface area contributed by atoms with Crippen molar-refractivity contribution in [1.82, 2.24) is 0 Å². The zero-order valence-electron chi connectivity index (χ0n) is 13.8. The van der Waals surface area contributed by atoms with Gasteiger partial charge in [-0.15, -0.1) is 0 Å². The lowest BCUT2D eigenvalue weighted by Crippen LogP contribution is -2.25. The molecule has 0 saturated heterocycles. The first-order chi connectivity index (χ1) is 12.7. The Bertz CT molecular complexity index is 956. The predicted octanol–water partition coefficient (Wildman–Crippen LogP) is 4.35. The van der Waals surface area contributed by atoms with E-state index in [0.717, 1.165) is 11.1 Å². The quantitative estimate of drug-likeness (QED) is 0.517. The molecule has 3 rings (SSSR count). The Hall–Kier alpha value is -2.56. The summed E-state index contributed by atoms with van der Waals surface area (Å²) in [7, 11) is 1.32. The van der Waals surface area contributed by atoms with E-state index in [2.05, 4.69) is 5.10 Å². The molecule has 1 N–H and O–H groups in total. The molecule has 0 radical (unpaired) electrons. The Morgan fingerprint density at radius 3 is 2.48 bits per heavy atom. The standard InChI is InChI=1S/C18H12F3IN2O3/c1-27-14-9-10(8-13(22)15(14)25)7-12-16(18(19,20)21)23-24(17(12)26)11-5-3-2-4-6-11/h2-9,25H,1H3/b12-7-. The number of nitrogens with zero attached hydrogens (tertiary/aromatic N) is 2. The van der Waals surface area contributed by atoms with Gasteiger partial charge in [0.05, 0.1) is 21.9 Å². The summed E-state index contributed by atoms with van der Waals surface area (Å²) in [5.41, 5.74) is -1.37. The summed E-state index contributed by atoms with van der Waals surface area (Å²) in [4.78, 5) is 12.6. The molecule has 0 atom stereocenters. The fourth-order valence-electron chi connectivity index (χ4n) is 2.50. The molecule has 0 aliphatic carbocycles. The summed E-state index contributed by atoms with van der Waals surface area (Å²) in [5, 5.41) is 14.1. The van der Waals surface area contributed by atoms with Crippen LogP contribution in [0.3, 0.4) is 0 Å². The van der Waals surface area contributed by atoms with Crippen molar-refractivity contribution < 1.29 is 27.8 Å². The van der Waals surface area contributed by atoms with E-state index in [1.807, 2.05) is 22.6 Å². The third kappa shape index (κ3) is 3.77. The number of benzene rings is 2. The van der Waals surface area contributed by atoms with Crippen LogP contribution in [0.1, 0.15) is 5.56 Å². The Labute approximate surface area is 165 Å². The lowest BCUT2D eigenvalue weighted by Gasteiger charge is -2.11. The van der Waals surface area contributed by atoms with Crippen molar-refractivity contribution in [3.8, 4) is 11.5 Å². The molecule has 1 aliphatic rings. The van der Waals surface area contributed by atoms with Crippen LogP contribution in [0.25, 0.3) is 6.08 Å². The van der Waals surface area contributed by atoms with Crippen molar-refractivity contribution in [2.75, 3.05) is 12.1 Å². The lowest BCUT2D eigenvalue weighted by atomic mass is 10.1. The molecule has 27 heavy (non-hydrogen) atoms. The third-order valence-corrected chi connectivity index (χ3v) is 4.55. The molecule has 2 aromatic rings. The Balaban J connectivity index is 2.11. The largest absolute Gasteiger partial charge is 0.504 e. The highest BCUT2D eigenvalue weighted by Gasteiger charge is 2.46. The van der Waals surface area contributed by atoms with Gasteiger partial charge in [-0.25, -0.2) is 0 Å². The van der Waals surface area contributed by atoms with Crippen molar-refractivity contribution in [2.24, 2.45) is 5.10 Å². The van der Waals surface area contributed by atoms with Gasteiger partial charge in [-0.2, -0.15) is 23.3 Å². The number of amides is 1. The summed E-state index contributed by atoms with van der Waals surface area (Å²) in [6.45, 7) is 0. The van der Waals surface area contributed by atoms with E-state index in [-0.39, 0.29) is 22.7 Å². The highest BCUT2D eigenvalue weighted by molar-refractivity contribution is 14.1. The fourth-order valence-corrected chi connectivity index (χ4v) is 3.12. The van der Waals surface area contributed by atoms with Crippen LogP contribution in [0.5, 0.6) is 11.5 Å². The number of carbonyl (C=O) groups is 1. The Kier molecular flexibility index (Phi) is 5.13. The minimum atomic E-state index is -4.81. The summed E-state index contributed by atoms with van der Waals surface area (Å²) in [5.74, 6) is -0.936. The number of hydrogen-bond acceptors (Lipinski definition) is 4. The molecule has 0 aromatic heterocycles. The third-order valence-electron chi connectivity index (χ3n) is 3.73. The van der Waals surface area contributed by atoms with Gasteiger partial charge in [0, 0.05) is 0 Å². The van der Waals surface area contributed by atoms with Gasteiger partial charge >= 0.3 is 6.18 Å². The maximum Gasteiger partial charge on any atom is 0.435 e. The van der Waals surface area contributed by atoms with Crippen LogP contribution in [0.4, 0.5) is 18.9 Å². The molecule has 140 valence electrons. The molecule has 5 nitrogen and oxygen atoms in total. The minimum Gasteiger partial charge on any atom is -0.504 e. The number of hydrogen-bond donors (Lipinski definition) is 1. The molecule has 2 aromatic carbocycles. The van der Waals surface area contributed by atoms with E-state index in [1.165, 1.54) is 31.4 Å². The Morgan fingerprint density at radius 1 is 1.22 bits per heavy atom. The normalized spacial score (nSPS) is 16.0. The van der Waals surface area contributed by atoms with Crippen LogP contribution in [0.2, 0.25) is 0 Å². The summed E-state index contributed by atoms with van der Waals surface area (Å²) in [6.07, 6.45) is -3.72. The molecule has 1 heterocycles. The minimum absolute atomic E-state index is 0.0876. The second-order valence-corrected chi connectivity index (χ2v) is 6.67. The number of hydrazone groups is 1. The average Bonchev–Trinajstić information content (AvgIpc) is 2.95. The van der Waals surface area contributed by atoms with Crippen LogP contribution in [-0.4, -0.2) is 30.0 Å². The summed E-state index contributed by atoms with van der Waals surface area (Å²) >= 11 is 1.82. The molecule has 9 heteroatoms. The van der Waals surface area contributed by atoms with Gasteiger partial charge in [-0.05, 0) is 58.5 Å². The van der Waals surface area contributed by atoms with E-state index in [1.54, 1.807) is 18.2 Å². The number of para-hydroxylation sites is 1. The molecule has 0 unspecified atom stereocenters. The number of methoxy groups -OCH3 is 1. The van der Waals surface area contributed by atoms with Crippen molar-refractivity contribution in [3.05, 3.63) is 57.2 Å². The van der Waals surface area contributed by atoms with E-state index in [0.29, 0.717) is 3.57 Å². The van der Waals surface area contributed by atoms with E-state index in [4.69, 9.17) is 4.74 Å². The smallest absolute Gasteiger partial charge is 0.435 e. The first-order valence-corrected chi connectivity index (χ1v) is 8.64. The second-order valence-electron chi connectivity index (χ2n) is 5.51. The molecule has 0 spiro atoms. The average molecular weight is 488 g/mol. The fraction of sp³-hybridized carbons (Fsp3) is 0.111. The Morgan fingerprint density at radius 2 is 1.89 bits per heavy atom. The van der Waals surface area contributed by atoms with Gasteiger partial charge in [0.2, 0.25) is 0 Å². The first kappa shape index (κ1) is 19.2. The van der Waals surface area contributed by atoms with Crippen LogP contribution >= 0.6 is 22.6 Å². The zero-order chi connectivity index (χ0) is 19.8. The number of phenolic OH excluding ortho intramolecular Hbond substituents is 1. The maximum absolute atomic E-state index is 13.4. The molecule has 0 bridgehead atoms. The highest BCUT2D eigenvalue weighted by Crippen LogP contribution is 2.36. The van der Waals surface area contributed by atoms with Crippen LogP contribution < -0.4 is 9.75 Å². The van der Waals surface area contributed by atoms with Crippen molar-refractivity contribution >= 4 is 46.0 Å². The topological polar surface area (TPSA) is 62.1 Å². The molecule has 0 saturated carbocycles. The number of anilines is 1. The SMILES string of the molecule is COc1cc(/C=C2\C(=O)N(c3ccccc3)N=C2C(F)(F)F)cc(I)c1O. The molecule has 1 aliphatic heterocycles. The summed E-state index contributed by atoms with van der Waals surface area (Å²) in [6, 6.07) is 10.6. The second kappa shape index (κ2) is 7.22. The van der Waals surface area contributed by atoms with E-state index in [9.17, 15) is 23.1 Å². The zero-order valence-corrected chi connectivity index (χ0v) is 15.9. The van der Waals surface area contributed by atoms with E-state index < -0.39 is 23.4 Å². The van der Waals surface area contributed by atoms with Crippen molar-refractivity contribution in [1.29, 1.82) is 0 Å². The van der Waals surface area contributed by atoms with Crippen LogP contribution in [0, 0.1) is 3.57 Å². The highest BCUT2D eigenvalue weighted by atomic mass is 127. The molecular formula is C18H12F3IN2O3. The van der Waals surface area contributed by atoms with Gasteiger partial charge in [0.25, 0.3) is 5.91 Å². The molecule has 0 fully saturated rings. The maximum atomic E-state index is 13.4. The number of phenols is 1. The number of aromatic hydroxyl groups is 1. The number of ether oxygens (including phenoxy) is 1. The van der Waals surface area contributed by atoms with Gasteiger partial charge in [0.15, 0.2) is 17.2 Å². The van der Waals surface area contributed by atoms with E-state index >= 15 is 0 Å². The molecule has 1 amide bonds. The van der Waals surface area contributed by atoms with Crippen molar-refractivity contribution in [2.45, 2.75) is 6.18 Å². The van der Waals surface area contributed by atoms with Crippen LogP contribution in [-0.2, 0) is 4.79 Å². The van der Waals surface area contributed by atoms with Gasteiger partial charge < -0.3 is 9.84 Å². The van der Waals surface area contributed by atoms with Crippen molar-refractivity contribution in [3.63, 3.8) is 0 Å². The summed E-state index contributed by atoms with van der Waals surface area (Å²) < 4.78 is 45.7. The van der Waals surface area contributed by atoms with Gasteiger partial charge in [0.1, 0.15) is 0 Å². The lowest BCUT2D eigenvalue weighted by molar-refractivity contribution is -0.114. The monoisotopic (exact) mass is 488 g/mol. The molecular weight excluding hydrogens is 476 g/mol. The van der Waals surface area contributed by atoms with Gasteiger partial charge in [-0.3, -0.25) is 4.79 Å². The number of alkyl halides is 3. The number of rotatable bonds is 3. The van der Waals surface area contributed by atoms with Gasteiger partial charge in [-0.1, -0.05) is 18.2 Å². The number of carbonyl (C=O) groups excluding carboxylic acids is 1. The first-order valence-electron chi connectivity index (χ1n) is 7.56.